The van der Waals surface area contributed by atoms with Gasteiger partial charge in [-0.3, -0.25) is 9.69 Å². The number of benzene rings is 3. The number of esters is 1. The highest BCUT2D eigenvalue weighted by atomic mass is 16.5. The first-order chi connectivity index (χ1) is 18.4. The Kier molecular flexibility index (Phi) is 8.79. The van der Waals surface area contributed by atoms with Crippen LogP contribution in [0.4, 0.5) is 0 Å². The molecule has 3 aromatic carbocycles. The highest BCUT2D eigenvalue weighted by Gasteiger charge is 2.42. The minimum absolute atomic E-state index is 0.221. The number of likely N-dealkylation sites (N-methyl/N-ethyl adjacent to an activating group) is 1. The van der Waals surface area contributed by atoms with E-state index in [1.807, 2.05) is 42.5 Å². The van der Waals surface area contributed by atoms with Crippen LogP contribution in [0.25, 0.3) is 0 Å². The maximum Gasteiger partial charge on any atom is 0.306 e. The SMILES string of the molecule is COc1ccc(CC2(CCC(=O)OCc3ccccc3)c3cc(OC)c(OC)cc3CCN2C)cc1OC. The van der Waals surface area contributed by atoms with Crippen molar-refractivity contribution in [2.24, 2.45) is 0 Å². The zero-order chi connectivity index (χ0) is 27.1. The molecule has 0 amide bonds. The molecular weight excluding hydrogens is 482 g/mol. The molecule has 0 aliphatic carbocycles. The van der Waals surface area contributed by atoms with Gasteiger partial charge in [0, 0.05) is 13.0 Å². The van der Waals surface area contributed by atoms with Gasteiger partial charge in [0.05, 0.1) is 34.0 Å². The van der Waals surface area contributed by atoms with E-state index in [1.165, 1.54) is 5.56 Å². The molecule has 0 fully saturated rings. The van der Waals surface area contributed by atoms with Crippen LogP contribution in [-0.2, 0) is 34.5 Å². The Morgan fingerprint density at radius 1 is 0.816 bits per heavy atom. The first-order valence-electron chi connectivity index (χ1n) is 12.8. The lowest BCUT2D eigenvalue weighted by molar-refractivity contribution is -0.146. The number of methoxy groups -OCH3 is 4. The van der Waals surface area contributed by atoms with Gasteiger partial charge >= 0.3 is 5.97 Å². The fraction of sp³-hybridized carbons (Fsp3) is 0.387. The van der Waals surface area contributed by atoms with Crippen LogP contribution in [0.3, 0.4) is 0 Å². The van der Waals surface area contributed by atoms with E-state index >= 15 is 0 Å². The van der Waals surface area contributed by atoms with Crippen molar-refractivity contribution in [3.63, 3.8) is 0 Å². The largest absolute Gasteiger partial charge is 0.493 e. The minimum atomic E-state index is -0.474. The van der Waals surface area contributed by atoms with E-state index in [-0.39, 0.29) is 19.0 Å². The molecule has 3 aromatic rings. The molecule has 4 rings (SSSR count). The lowest BCUT2D eigenvalue weighted by Gasteiger charge is -2.47. The number of hydrogen-bond donors (Lipinski definition) is 0. The molecule has 1 atom stereocenters. The molecule has 0 radical (unpaired) electrons. The summed E-state index contributed by atoms with van der Waals surface area (Å²) in [5.41, 5.74) is 3.90. The van der Waals surface area contributed by atoms with E-state index in [2.05, 4.69) is 30.1 Å². The van der Waals surface area contributed by atoms with Gasteiger partial charge in [0.15, 0.2) is 23.0 Å². The van der Waals surface area contributed by atoms with Gasteiger partial charge in [-0.1, -0.05) is 36.4 Å². The quantitative estimate of drug-likeness (QED) is 0.324. The molecule has 0 aromatic heterocycles. The average Bonchev–Trinajstić information content (AvgIpc) is 2.96. The lowest BCUT2D eigenvalue weighted by Crippen LogP contribution is -2.50. The molecule has 1 aliphatic rings. The van der Waals surface area contributed by atoms with E-state index in [0.29, 0.717) is 35.8 Å². The maximum atomic E-state index is 13.0. The van der Waals surface area contributed by atoms with Crippen molar-refractivity contribution in [3.05, 3.63) is 82.9 Å². The van der Waals surface area contributed by atoms with Crippen LogP contribution in [0, 0.1) is 0 Å². The van der Waals surface area contributed by atoms with E-state index in [9.17, 15) is 4.79 Å². The standard InChI is InChI=1S/C31H37NO6/c1-32-16-14-24-18-28(36-4)29(37-5)19-25(24)31(32,20-23-11-12-26(34-2)27(17-23)35-3)15-13-30(33)38-21-22-9-7-6-8-10-22/h6-12,17-19H,13-16,20-21H2,1-5H3. The van der Waals surface area contributed by atoms with E-state index in [4.69, 9.17) is 23.7 Å². The first kappa shape index (κ1) is 27.3. The van der Waals surface area contributed by atoms with Crippen LogP contribution >= 0.6 is 0 Å². The fourth-order valence-corrected chi connectivity index (χ4v) is 5.36. The molecule has 0 saturated heterocycles. The van der Waals surface area contributed by atoms with Crippen LogP contribution in [0.15, 0.2) is 60.7 Å². The van der Waals surface area contributed by atoms with Crippen LogP contribution < -0.4 is 18.9 Å². The summed E-state index contributed by atoms with van der Waals surface area (Å²) in [4.78, 5) is 15.3. The fourth-order valence-electron chi connectivity index (χ4n) is 5.36. The molecule has 0 saturated carbocycles. The normalized spacial score (nSPS) is 16.9. The predicted molar refractivity (Wildman–Crippen MR) is 146 cm³/mol. The highest BCUT2D eigenvalue weighted by molar-refractivity contribution is 5.69. The summed E-state index contributed by atoms with van der Waals surface area (Å²) >= 11 is 0. The van der Waals surface area contributed by atoms with Gasteiger partial charge in [0.1, 0.15) is 6.61 Å². The minimum Gasteiger partial charge on any atom is -0.493 e. The van der Waals surface area contributed by atoms with Gasteiger partial charge in [-0.05, 0) is 72.8 Å². The Bertz CT molecular complexity index is 1240. The van der Waals surface area contributed by atoms with Gasteiger partial charge < -0.3 is 23.7 Å². The monoisotopic (exact) mass is 519 g/mol. The van der Waals surface area contributed by atoms with Crippen molar-refractivity contribution in [2.75, 3.05) is 42.0 Å². The third kappa shape index (κ3) is 5.73. The van der Waals surface area contributed by atoms with E-state index < -0.39 is 5.54 Å². The predicted octanol–water partition coefficient (Wildman–Crippen LogP) is 5.17. The Balaban J connectivity index is 1.69. The van der Waals surface area contributed by atoms with Crippen molar-refractivity contribution < 1.29 is 28.5 Å². The summed E-state index contributed by atoms with van der Waals surface area (Å²) < 4.78 is 28.0. The van der Waals surface area contributed by atoms with Crippen LogP contribution in [-0.4, -0.2) is 52.9 Å². The smallest absolute Gasteiger partial charge is 0.306 e. The Hall–Kier alpha value is -3.71. The summed E-state index contributed by atoms with van der Waals surface area (Å²) in [5.74, 6) is 2.51. The van der Waals surface area contributed by atoms with Gasteiger partial charge in [0.2, 0.25) is 0 Å². The van der Waals surface area contributed by atoms with Gasteiger partial charge in [-0.15, -0.1) is 0 Å². The summed E-state index contributed by atoms with van der Waals surface area (Å²) in [6, 6.07) is 19.9. The van der Waals surface area contributed by atoms with Gasteiger partial charge in [-0.2, -0.15) is 0 Å². The molecule has 7 nitrogen and oxygen atoms in total. The van der Waals surface area contributed by atoms with E-state index in [1.54, 1.807) is 28.4 Å². The Morgan fingerprint density at radius 2 is 1.47 bits per heavy atom. The molecule has 0 spiro atoms. The number of nitrogens with zero attached hydrogens (tertiary/aromatic N) is 1. The molecule has 1 unspecified atom stereocenters. The zero-order valence-corrected chi connectivity index (χ0v) is 22.9. The first-order valence-corrected chi connectivity index (χ1v) is 12.8. The summed E-state index contributed by atoms with van der Waals surface area (Å²) in [7, 11) is 8.69. The third-order valence-corrected chi connectivity index (χ3v) is 7.49. The lowest BCUT2D eigenvalue weighted by atomic mass is 9.73. The van der Waals surface area contributed by atoms with Gasteiger partial charge in [-0.25, -0.2) is 0 Å². The van der Waals surface area contributed by atoms with Gasteiger partial charge in [0.25, 0.3) is 0 Å². The molecule has 1 aliphatic heterocycles. The summed E-state index contributed by atoms with van der Waals surface area (Å²) in [6.45, 7) is 1.11. The van der Waals surface area contributed by atoms with Crippen molar-refractivity contribution in [2.45, 2.75) is 37.8 Å². The van der Waals surface area contributed by atoms with Crippen LogP contribution in [0.5, 0.6) is 23.0 Å². The maximum absolute atomic E-state index is 13.0. The molecule has 0 N–H and O–H groups in total. The molecule has 202 valence electrons. The zero-order valence-electron chi connectivity index (χ0n) is 22.9. The highest BCUT2D eigenvalue weighted by Crippen LogP contribution is 2.46. The summed E-state index contributed by atoms with van der Waals surface area (Å²) in [6.07, 6.45) is 2.39. The number of carbonyl (C=O) groups excluding carboxylic acids is 1. The second-order valence-electron chi connectivity index (χ2n) is 9.58. The second kappa shape index (κ2) is 12.2. The van der Waals surface area contributed by atoms with Crippen LogP contribution in [0.2, 0.25) is 0 Å². The number of ether oxygens (including phenoxy) is 5. The number of carbonyl (C=O) groups is 1. The van der Waals surface area contributed by atoms with Crippen LogP contribution in [0.1, 0.15) is 35.1 Å². The molecular formula is C31H37NO6. The molecule has 7 heteroatoms. The van der Waals surface area contributed by atoms with Crippen molar-refractivity contribution in [3.8, 4) is 23.0 Å². The van der Waals surface area contributed by atoms with Crippen molar-refractivity contribution in [1.29, 1.82) is 0 Å². The number of rotatable bonds is 11. The Labute approximate surface area is 225 Å². The third-order valence-electron chi connectivity index (χ3n) is 7.49. The molecule has 1 heterocycles. The number of hydrogen-bond acceptors (Lipinski definition) is 7. The molecule has 0 bridgehead atoms. The second-order valence-corrected chi connectivity index (χ2v) is 9.58. The topological polar surface area (TPSA) is 66.5 Å². The number of fused-ring (bicyclic) bond motifs is 1. The summed E-state index contributed by atoms with van der Waals surface area (Å²) in [5, 5.41) is 0. The molecule has 38 heavy (non-hydrogen) atoms. The Morgan fingerprint density at radius 3 is 2.16 bits per heavy atom. The average molecular weight is 520 g/mol. The van der Waals surface area contributed by atoms with E-state index in [0.717, 1.165) is 29.7 Å². The van der Waals surface area contributed by atoms with Crippen molar-refractivity contribution in [1.82, 2.24) is 4.90 Å². The van der Waals surface area contributed by atoms with Crippen molar-refractivity contribution >= 4 is 5.97 Å².